The summed E-state index contributed by atoms with van der Waals surface area (Å²) in [5.41, 5.74) is 6.32. The average Bonchev–Trinajstić information content (AvgIpc) is 2.29. The molecular formula is C11H23N3O. The molecule has 3 unspecified atom stereocenters. The van der Waals surface area contributed by atoms with Crippen LogP contribution < -0.4 is 11.1 Å². The Morgan fingerprint density at radius 3 is 3.07 bits per heavy atom. The van der Waals surface area contributed by atoms with Gasteiger partial charge in [-0.05, 0) is 32.4 Å². The summed E-state index contributed by atoms with van der Waals surface area (Å²) in [5, 5.41) is 3.46. The predicted octanol–water partition coefficient (Wildman–Crippen LogP) is -0.356. The van der Waals surface area contributed by atoms with Crippen molar-refractivity contribution in [1.82, 2.24) is 10.2 Å². The van der Waals surface area contributed by atoms with E-state index in [9.17, 15) is 0 Å². The number of ether oxygens (including phenoxy) is 1. The molecule has 0 radical (unpaired) electrons. The lowest BCUT2D eigenvalue weighted by atomic mass is 9.87. The lowest BCUT2D eigenvalue weighted by Crippen LogP contribution is -2.57. The summed E-state index contributed by atoms with van der Waals surface area (Å²) in [6.07, 6.45) is 2.55. The summed E-state index contributed by atoms with van der Waals surface area (Å²) in [4.78, 5) is 2.39. The second-order valence-corrected chi connectivity index (χ2v) is 4.88. The van der Waals surface area contributed by atoms with E-state index in [4.69, 9.17) is 10.5 Å². The zero-order valence-electron chi connectivity index (χ0n) is 9.61. The van der Waals surface area contributed by atoms with Crippen LogP contribution in [-0.4, -0.2) is 56.9 Å². The van der Waals surface area contributed by atoms with Crippen molar-refractivity contribution in [3.63, 3.8) is 0 Å². The Kier molecular flexibility index (Phi) is 3.97. The molecule has 0 bridgehead atoms. The molecule has 0 aliphatic carbocycles. The largest absolute Gasteiger partial charge is 0.378 e. The Bertz CT molecular complexity index is 194. The van der Waals surface area contributed by atoms with Crippen LogP contribution in [0.5, 0.6) is 0 Å². The van der Waals surface area contributed by atoms with Gasteiger partial charge in [-0.3, -0.25) is 0 Å². The highest BCUT2D eigenvalue weighted by molar-refractivity contribution is 4.89. The average molecular weight is 213 g/mol. The predicted molar refractivity (Wildman–Crippen MR) is 60.8 cm³/mol. The molecule has 0 aromatic carbocycles. The summed E-state index contributed by atoms with van der Waals surface area (Å²) in [7, 11) is 2.18. The monoisotopic (exact) mass is 213 g/mol. The van der Waals surface area contributed by atoms with Gasteiger partial charge in [0.1, 0.15) is 0 Å². The summed E-state index contributed by atoms with van der Waals surface area (Å²) in [5.74, 6) is 0.628. The van der Waals surface area contributed by atoms with Gasteiger partial charge in [0.2, 0.25) is 0 Å². The van der Waals surface area contributed by atoms with Gasteiger partial charge in [0, 0.05) is 25.2 Å². The number of rotatable bonds is 2. The third kappa shape index (κ3) is 2.91. The number of hydrogen-bond donors (Lipinski definition) is 2. The standard InChI is InChI=1S/C11H23N3O/c1-14-5-2-3-9(7-14)11(12)10-8-15-6-4-13-10/h9-11,13H,2-8,12H2,1H3. The number of nitrogens with one attached hydrogen (secondary N) is 1. The first-order valence-corrected chi connectivity index (χ1v) is 6.02. The normalized spacial score (nSPS) is 36.4. The Hall–Kier alpha value is -0.160. The van der Waals surface area contributed by atoms with Crippen molar-refractivity contribution < 1.29 is 4.74 Å². The van der Waals surface area contributed by atoms with E-state index in [1.54, 1.807) is 0 Å². The third-order valence-corrected chi connectivity index (χ3v) is 3.62. The van der Waals surface area contributed by atoms with E-state index in [2.05, 4.69) is 17.3 Å². The van der Waals surface area contributed by atoms with Crippen LogP contribution in [0.3, 0.4) is 0 Å². The minimum atomic E-state index is 0.244. The van der Waals surface area contributed by atoms with Crippen molar-refractivity contribution in [2.24, 2.45) is 11.7 Å². The smallest absolute Gasteiger partial charge is 0.0635 e. The molecule has 2 saturated heterocycles. The van der Waals surface area contributed by atoms with Gasteiger partial charge >= 0.3 is 0 Å². The summed E-state index contributed by atoms with van der Waals surface area (Å²) in [6.45, 7) is 4.91. The molecule has 88 valence electrons. The van der Waals surface area contributed by atoms with Crippen molar-refractivity contribution in [3.05, 3.63) is 0 Å². The van der Waals surface area contributed by atoms with Gasteiger partial charge in [0.25, 0.3) is 0 Å². The SMILES string of the molecule is CN1CCCC(C(N)C2COCCN2)C1. The molecule has 2 fully saturated rings. The highest BCUT2D eigenvalue weighted by Crippen LogP contribution is 2.20. The minimum Gasteiger partial charge on any atom is -0.378 e. The first kappa shape index (κ1) is 11.3. The lowest BCUT2D eigenvalue weighted by Gasteiger charge is -2.38. The Balaban J connectivity index is 1.85. The summed E-state index contributed by atoms with van der Waals surface area (Å²) in [6, 6.07) is 0.600. The summed E-state index contributed by atoms with van der Waals surface area (Å²) >= 11 is 0. The van der Waals surface area contributed by atoms with E-state index in [-0.39, 0.29) is 6.04 Å². The fourth-order valence-electron chi connectivity index (χ4n) is 2.68. The van der Waals surface area contributed by atoms with Gasteiger partial charge in [0.15, 0.2) is 0 Å². The molecule has 0 saturated carbocycles. The van der Waals surface area contributed by atoms with Crippen LogP contribution in [0.15, 0.2) is 0 Å². The summed E-state index contributed by atoms with van der Waals surface area (Å²) < 4.78 is 5.46. The van der Waals surface area contributed by atoms with E-state index >= 15 is 0 Å². The molecule has 2 rings (SSSR count). The van der Waals surface area contributed by atoms with Crippen molar-refractivity contribution in [3.8, 4) is 0 Å². The topological polar surface area (TPSA) is 50.5 Å². The molecule has 2 aliphatic rings. The molecule has 0 amide bonds. The van der Waals surface area contributed by atoms with Crippen LogP contribution in [0.4, 0.5) is 0 Å². The van der Waals surface area contributed by atoms with E-state index in [1.807, 2.05) is 0 Å². The van der Waals surface area contributed by atoms with Crippen molar-refractivity contribution >= 4 is 0 Å². The second-order valence-electron chi connectivity index (χ2n) is 4.88. The van der Waals surface area contributed by atoms with Crippen LogP contribution in [0, 0.1) is 5.92 Å². The van der Waals surface area contributed by atoms with E-state index in [0.29, 0.717) is 12.0 Å². The molecule has 3 atom stereocenters. The number of piperidine rings is 1. The highest BCUT2D eigenvalue weighted by Gasteiger charge is 2.30. The molecule has 4 heteroatoms. The number of morpholine rings is 1. The van der Waals surface area contributed by atoms with E-state index < -0.39 is 0 Å². The van der Waals surface area contributed by atoms with Gasteiger partial charge in [-0.15, -0.1) is 0 Å². The van der Waals surface area contributed by atoms with Crippen LogP contribution in [0.25, 0.3) is 0 Å². The Morgan fingerprint density at radius 2 is 2.40 bits per heavy atom. The van der Waals surface area contributed by atoms with Crippen LogP contribution in [0.2, 0.25) is 0 Å². The van der Waals surface area contributed by atoms with Gasteiger partial charge in [-0.1, -0.05) is 0 Å². The van der Waals surface area contributed by atoms with Crippen LogP contribution >= 0.6 is 0 Å². The molecule has 2 aliphatic heterocycles. The van der Waals surface area contributed by atoms with E-state index in [0.717, 1.165) is 26.3 Å². The third-order valence-electron chi connectivity index (χ3n) is 3.62. The van der Waals surface area contributed by atoms with Crippen LogP contribution in [-0.2, 0) is 4.74 Å². The van der Waals surface area contributed by atoms with Gasteiger partial charge in [-0.2, -0.15) is 0 Å². The fraction of sp³-hybridized carbons (Fsp3) is 1.00. The maximum absolute atomic E-state index is 6.32. The molecule has 3 N–H and O–H groups in total. The maximum atomic E-state index is 6.32. The zero-order valence-corrected chi connectivity index (χ0v) is 9.61. The molecular weight excluding hydrogens is 190 g/mol. The first-order chi connectivity index (χ1) is 7.27. The molecule has 15 heavy (non-hydrogen) atoms. The van der Waals surface area contributed by atoms with Crippen molar-refractivity contribution in [2.45, 2.75) is 24.9 Å². The molecule has 0 spiro atoms. The maximum Gasteiger partial charge on any atom is 0.0635 e. The number of nitrogens with zero attached hydrogens (tertiary/aromatic N) is 1. The second kappa shape index (κ2) is 5.25. The number of hydrogen-bond acceptors (Lipinski definition) is 4. The zero-order chi connectivity index (χ0) is 10.7. The minimum absolute atomic E-state index is 0.244. The van der Waals surface area contributed by atoms with Crippen molar-refractivity contribution in [2.75, 3.05) is 39.9 Å². The molecule has 4 nitrogen and oxygen atoms in total. The van der Waals surface area contributed by atoms with Crippen molar-refractivity contribution in [1.29, 1.82) is 0 Å². The quantitative estimate of drug-likeness (QED) is 0.658. The molecule has 0 aromatic rings. The van der Waals surface area contributed by atoms with E-state index in [1.165, 1.54) is 19.4 Å². The number of likely N-dealkylation sites (tertiary alicyclic amines) is 1. The van der Waals surface area contributed by atoms with Crippen LogP contribution in [0.1, 0.15) is 12.8 Å². The van der Waals surface area contributed by atoms with Gasteiger partial charge < -0.3 is 20.7 Å². The Labute approximate surface area is 92.1 Å². The highest BCUT2D eigenvalue weighted by atomic mass is 16.5. The number of nitrogens with two attached hydrogens (primary N) is 1. The Morgan fingerprint density at radius 1 is 1.53 bits per heavy atom. The molecule has 0 aromatic heterocycles. The fourth-order valence-corrected chi connectivity index (χ4v) is 2.68. The van der Waals surface area contributed by atoms with Gasteiger partial charge in [-0.25, -0.2) is 0 Å². The first-order valence-electron chi connectivity index (χ1n) is 6.02. The molecule has 2 heterocycles. The lowest BCUT2D eigenvalue weighted by molar-refractivity contribution is 0.0525. The van der Waals surface area contributed by atoms with Gasteiger partial charge in [0.05, 0.1) is 13.2 Å².